The summed E-state index contributed by atoms with van der Waals surface area (Å²) < 4.78 is 5.09. The smallest absolute Gasteiger partial charge is 0.136 e. The average Bonchev–Trinajstić information content (AvgIpc) is 2.03. The molecule has 0 saturated carbocycles. The van der Waals surface area contributed by atoms with Gasteiger partial charge in [-0.2, -0.15) is 5.53 Å². The Bertz CT molecular complexity index is 284. The van der Waals surface area contributed by atoms with Crippen molar-refractivity contribution in [2.45, 2.75) is 13.8 Å². The van der Waals surface area contributed by atoms with Gasteiger partial charge in [-0.1, -0.05) is 0 Å². The van der Waals surface area contributed by atoms with Gasteiger partial charge in [0.1, 0.15) is 11.4 Å². The number of benzene rings is 1. The molecule has 1 aromatic carbocycles. The third-order valence-corrected chi connectivity index (χ3v) is 1.83. The second-order valence-electron chi connectivity index (χ2n) is 2.74. The summed E-state index contributed by atoms with van der Waals surface area (Å²) in [4.78, 5) is 0. The van der Waals surface area contributed by atoms with Gasteiger partial charge in [-0.25, -0.2) is 0 Å². The maximum atomic E-state index is 5.23. The van der Waals surface area contributed by atoms with Crippen LogP contribution in [0.3, 0.4) is 0 Å². The largest absolute Gasteiger partial charge is 0.497 e. The topological polar surface area (TPSA) is 47.2 Å². The zero-order valence-corrected chi connectivity index (χ0v) is 7.59. The van der Waals surface area contributed by atoms with Crippen molar-refractivity contribution in [2.75, 3.05) is 7.11 Å². The Balaban J connectivity index is 3.27. The summed E-state index contributed by atoms with van der Waals surface area (Å²) in [5.74, 6) is 0.845. The van der Waals surface area contributed by atoms with E-state index in [1.165, 1.54) is 0 Å². The quantitative estimate of drug-likeness (QED) is 0.656. The first-order valence-electron chi connectivity index (χ1n) is 3.75. The number of hydrogen-bond donors (Lipinski definition) is 1. The van der Waals surface area contributed by atoms with E-state index in [1.807, 2.05) is 26.0 Å². The molecule has 0 spiro atoms. The van der Waals surface area contributed by atoms with Crippen LogP contribution in [0.4, 0.5) is 5.69 Å². The molecule has 0 aromatic heterocycles. The van der Waals surface area contributed by atoms with Crippen molar-refractivity contribution in [3.05, 3.63) is 23.3 Å². The van der Waals surface area contributed by atoms with Crippen molar-refractivity contribution in [2.24, 2.45) is 5.11 Å². The zero-order chi connectivity index (χ0) is 9.14. The summed E-state index contributed by atoms with van der Waals surface area (Å²) in [5, 5.41) is 3.69. The van der Waals surface area contributed by atoms with E-state index in [9.17, 15) is 0 Å². The third kappa shape index (κ3) is 1.44. The maximum absolute atomic E-state index is 5.23. The summed E-state index contributed by atoms with van der Waals surface area (Å²) in [5.41, 5.74) is 8.14. The molecule has 0 atom stereocenters. The van der Waals surface area contributed by atoms with Gasteiger partial charge in [-0.3, -0.25) is 0 Å². The molecule has 2 N–H and O–H groups in total. The molecule has 12 heavy (non-hydrogen) atoms. The molecule has 64 valence electrons. The molecule has 0 aliphatic heterocycles. The van der Waals surface area contributed by atoms with Crippen LogP contribution in [0, 0.1) is 13.8 Å². The minimum atomic E-state index is 0.843. The highest BCUT2D eigenvalue weighted by molar-refractivity contribution is 5.54. The fourth-order valence-electron chi connectivity index (χ4n) is 1.24. The van der Waals surface area contributed by atoms with Gasteiger partial charge in [0.2, 0.25) is 0 Å². The number of nitrogens with zero attached hydrogens (tertiary/aromatic N) is 1. The molecule has 0 heterocycles. The van der Waals surface area contributed by atoms with E-state index in [0.29, 0.717) is 0 Å². The minimum Gasteiger partial charge on any atom is -0.497 e. The van der Waals surface area contributed by atoms with Crippen LogP contribution < -0.4 is 10.3 Å². The van der Waals surface area contributed by atoms with Gasteiger partial charge in [0, 0.05) is 0 Å². The van der Waals surface area contributed by atoms with Crippen molar-refractivity contribution in [1.82, 2.24) is 0 Å². The fraction of sp³-hybridized carbons (Fsp3) is 0.333. The summed E-state index contributed by atoms with van der Waals surface area (Å²) in [7, 11) is 1.65. The van der Waals surface area contributed by atoms with E-state index in [1.54, 1.807) is 7.11 Å². The van der Waals surface area contributed by atoms with Gasteiger partial charge in [-0.15, -0.1) is 0 Å². The van der Waals surface area contributed by atoms with Crippen LogP contribution in [0.5, 0.6) is 5.75 Å². The van der Waals surface area contributed by atoms with E-state index in [-0.39, 0.29) is 0 Å². The molecular weight excluding hydrogens is 152 g/mol. The van der Waals surface area contributed by atoms with Crippen molar-refractivity contribution in [1.29, 1.82) is 0 Å². The van der Waals surface area contributed by atoms with Crippen molar-refractivity contribution >= 4 is 5.69 Å². The van der Waals surface area contributed by atoms with E-state index in [0.717, 1.165) is 22.6 Å². The Morgan fingerprint density at radius 3 is 2.08 bits per heavy atom. The molecule has 1 rings (SSSR count). The van der Waals surface area contributed by atoms with Gasteiger partial charge in [0.05, 0.1) is 7.11 Å². The van der Waals surface area contributed by atoms with Crippen LogP contribution in [0.15, 0.2) is 17.2 Å². The monoisotopic (exact) mass is 165 g/mol. The third-order valence-electron chi connectivity index (χ3n) is 1.83. The van der Waals surface area contributed by atoms with E-state index in [4.69, 9.17) is 10.3 Å². The lowest BCUT2D eigenvalue weighted by molar-refractivity contribution is -0.210. The predicted octanol–water partition coefficient (Wildman–Crippen LogP) is 1.15. The second-order valence-corrected chi connectivity index (χ2v) is 2.74. The molecule has 1 aromatic rings. The lowest BCUT2D eigenvalue weighted by atomic mass is 10.1. The summed E-state index contributed by atoms with van der Waals surface area (Å²) >= 11 is 0. The summed E-state index contributed by atoms with van der Waals surface area (Å²) in [6, 6.07) is 3.83. The SMILES string of the molecule is COc1cc(C)c(N=[NH2+])c(C)c1. The highest BCUT2D eigenvalue weighted by Crippen LogP contribution is 2.27. The van der Waals surface area contributed by atoms with Crippen LogP contribution >= 0.6 is 0 Å². The molecule has 3 heteroatoms. The molecule has 0 radical (unpaired) electrons. The molecule has 0 fully saturated rings. The Labute approximate surface area is 71.9 Å². The van der Waals surface area contributed by atoms with Crippen molar-refractivity contribution in [3.8, 4) is 5.75 Å². The zero-order valence-electron chi connectivity index (χ0n) is 7.59. The number of rotatable bonds is 2. The van der Waals surface area contributed by atoms with E-state index in [2.05, 4.69) is 5.11 Å². The van der Waals surface area contributed by atoms with Crippen molar-refractivity contribution < 1.29 is 10.3 Å². The van der Waals surface area contributed by atoms with Gasteiger partial charge in [0.15, 0.2) is 0 Å². The Kier molecular flexibility index (Phi) is 2.43. The van der Waals surface area contributed by atoms with Crippen LogP contribution in [0.25, 0.3) is 0 Å². The molecule has 3 nitrogen and oxygen atoms in total. The molecule has 0 bridgehead atoms. The van der Waals surface area contributed by atoms with Crippen LogP contribution in [0.1, 0.15) is 11.1 Å². The summed E-state index contributed by atoms with van der Waals surface area (Å²) in [6.45, 7) is 3.92. The molecule has 0 aliphatic carbocycles. The highest BCUT2D eigenvalue weighted by atomic mass is 16.5. The van der Waals surface area contributed by atoms with Crippen LogP contribution in [-0.4, -0.2) is 7.11 Å². The van der Waals surface area contributed by atoms with Crippen LogP contribution in [-0.2, 0) is 0 Å². The van der Waals surface area contributed by atoms with Crippen molar-refractivity contribution in [3.63, 3.8) is 0 Å². The number of aryl methyl sites for hydroxylation is 2. The Morgan fingerprint density at radius 2 is 1.75 bits per heavy atom. The Hall–Kier alpha value is -1.38. The standard InChI is InChI=1S/C9H12N2O/c1-6-4-8(12-3)5-7(2)9(6)11-10/h4-5,10H,1-3H3/p+1. The maximum Gasteiger partial charge on any atom is 0.136 e. The molecular formula is C9H13N2O+. The average molecular weight is 165 g/mol. The number of methoxy groups -OCH3 is 1. The van der Waals surface area contributed by atoms with Gasteiger partial charge in [-0.05, 0) is 42.2 Å². The van der Waals surface area contributed by atoms with E-state index < -0.39 is 0 Å². The number of hydrogen-bond acceptors (Lipinski definition) is 2. The first-order chi connectivity index (χ1) is 5.69. The lowest BCUT2D eigenvalue weighted by Crippen LogP contribution is -2.22. The first-order valence-corrected chi connectivity index (χ1v) is 3.75. The lowest BCUT2D eigenvalue weighted by Gasteiger charge is -2.04. The second kappa shape index (κ2) is 3.34. The molecule has 0 aliphatic rings. The molecule has 0 amide bonds. The normalized spacial score (nSPS) is 9.58. The number of nitrogens with two attached hydrogens (primary N) is 1. The van der Waals surface area contributed by atoms with Crippen LogP contribution in [0.2, 0.25) is 0 Å². The highest BCUT2D eigenvalue weighted by Gasteiger charge is 2.05. The molecule has 0 saturated heterocycles. The Morgan fingerprint density at radius 1 is 1.25 bits per heavy atom. The fourth-order valence-corrected chi connectivity index (χ4v) is 1.24. The predicted molar refractivity (Wildman–Crippen MR) is 46.5 cm³/mol. The summed E-state index contributed by atoms with van der Waals surface area (Å²) in [6.07, 6.45) is 0. The van der Waals surface area contributed by atoms with Gasteiger partial charge < -0.3 is 4.74 Å². The molecule has 0 unspecified atom stereocenters. The van der Waals surface area contributed by atoms with Gasteiger partial charge in [0.25, 0.3) is 0 Å². The first kappa shape index (κ1) is 8.71. The number of ether oxygens (including phenoxy) is 1. The van der Waals surface area contributed by atoms with E-state index >= 15 is 0 Å². The minimum absolute atomic E-state index is 0.843. The van der Waals surface area contributed by atoms with Gasteiger partial charge >= 0.3 is 0 Å².